The summed E-state index contributed by atoms with van der Waals surface area (Å²) < 4.78 is 104. The third-order valence-electron chi connectivity index (χ3n) is 18.2. The van der Waals surface area contributed by atoms with Crippen molar-refractivity contribution >= 4 is 99.8 Å². The zero-order chi connectivity index (χ0) is 66.8. The topological polar surface area (TPSA) is 327 Å². The molecule has 15 rings (SSSR count). The molecule has 472 valence electrons. The van der Waals surface area contributed by atoms with Crippen LogP contribution in [0.25, 0.3) is 0 Å². The van der Waals surface area contributed by atoms with Crippen molar-refractivity contribution in [3.8, 4) is 0 Å². The Kier molecular flexibility index (Phi) is 15.2. The van der Waals surface area contributed by atoms with Crippen molar-refractivity contribution in [2.24, 2.45) is 76.4 Å². The van der Waals surface area contributed by atoms with Crippen molar-refractivity contribution in [2.75, 3.05) is 0 Å². The minimum absolute atomic E-state index is 0.0101. The van der Waals surface area contributed by atoms with Crippen LogP contribution < -0.4 is 0 Å². The van der Waals surface area contributed by atoms with Crippen LogP contribution >= 0.6 is 0 Å². The van der Waals surface area contributed by atoms with E-state index in [9.17, 15) is 108 Å². The fourth-order valence-electron chi connectivity index (χ4n) is 13.4. The molecule has 4 heterocycles. The van der Waals surface area contributed by atoms with Gasteiger partial charge in [0.2, 0.25) is 5.41 Å². The van der Waals surface area contributed by atoms with Gasteiger partial charge in [0.25, 0.3) is 0 Å². The number of hydrogen-bond donors (Lipinski definition) is 0. The van der Waals surface area contributed by atoms with Crippen molar-refractivity contribution in [2.45, 2.75) is 38.0 Å². The van der Waals surface area contributed by atoms with Gasteiger partial charge in [-0.1, -0.05) is 109 Å². The van der Waals surface area contributed by atoms with Gasteiger partial charge in [0.1, 0.15) is 34.7 Å². The fourth-order valence-corrected chi connectivity index (χ4v) is 13.4. The zero-order valence-corrected chi connectivity index (χ0v) is 47.1. The predicted octanol–water partition coefficient (Wildman–Crippen LogP) is 5.65. The van der Waals surface area contributed by atoms with E-state index in [4.69, 9.17) is 0 Å². The summed E-state index contributed by atoms with van der Waals surface area (Å²) >= 11 is 0. The number of fused-ring (bicyclic) bond motifs is 8. The maximum atomic E-state index is 14.3. The Morgan fingerprint density at radius 3 is 1.06 bits per heavy atom. The lowest BCUT2D eigenvalue weighted by molar-refractivity contribution is -0.309. The molecule has 3 saturated heterocycles. The first-order valence-corrected chi connectivity index (χ1v) is 28.4. The molecule has 93 heavy (non-hydrogen) atoms. The lowest BCUT2D eigenvalue weighted by Crippen LogP contribution is -2.53. The Labute approximate surface area is 516 Å². The van der Waals surface area contributed by atoms with Crippen LogP contribution in [0.3, 0.4) is 0 Å². The monoisotopic (exact) mass is 1280 g/mol. The van der Waals surface area contributed by atoms with Gasteiger partial charge >= 0.3 is 60.1 Å². The number of carbonyl (C=O) groups excluding carboxylic acids is 17. The maximum absolute atomic E-state index is 14.3. The number of carbonyl (C=O) groups is 17. The molecule has 27 heteroatoms. The first-order valence-electron chi connectivity index (χ1n) is 28.4. The molecule has 21 nitrogen and oxygen atoms in total. The number of ether oxygens (including phenoxy) is 4. The van der Waals surface area contributed by atoms with Crippen LogP contribution in [0.2, 0.25) is 0 Å². The number of ketones is 9. The molecule has 4 aliphatic heterocycles. The quantitative estimate of drug-likeness (QED) is 0.149. The summed E-state index contributed by atoms with van der Waals surface area (Å²) in [5.41, 5.74) is -4.48. The molecule has 1 aromatic rings. The highest BCUT2D eigenvalue weighted by Gasteiger charge is 2.74. The summed E-state index contributed by atoms with van der Waals surface area (Å²) in [5, 5.41) is 0. The summed E-state index contributed by atoms with van der Waals surface area (Å²) in [4.78, 5) is 199. The van der Waals surface area contributed by atoms with Crippen molar-refractivity contribution in [3.05, 3.63) is 177 Å². The second-order valence-electron chi connectivity index (χ2n) is 23.5. The Hall–Kier alpha value is -10.7. The lowest BCUT2D eigenvalue weighted by Gasteiger charge is -2.41. The number of halogens is 6. The molecule has 6 fully saturated rings. The van der Waals surface area contributed by atoms with Crippen LogP contribution in [0.1, 0.15) is 67.1 Å². The van der Waals surface area contributed by atoms with Crippen molar-refractivity contribution in [1.82, 2.24) is 0 Å². The highest BCUT2D eigenvalue weighted by molar-refractivity contribution is 6.27. The lowest BCUT2D eigenvalue weighted by atomic mass is 9.66. The molecule has 12 atom stereocenters. The van der Waals surface area contributed by atoms with E-state index in [1.165, 1.54) is 36.4 Å². The largest absolute Gasteiger partial charge is 0.411 e. The summed E-state index contributed by atoms with van der Waals surface area (Å²) in [6, 6.07) is 2.54. The second kappa shape index (κ2) is 22.6. The molecular formula is C66H40F6O21. The smallest absolute Gasteiger partial charge is 0.392 e. The fraction of sp³-hybridized carbons (Fsp3) is 0.288. The van der Waals surface area contributed by atoms with Gasteiger partial charge in [-0.25, -0.2) is 9.59 Å². The number of esters is 8. The normalized spacial score (nSPS) is 30.5. The number of rotatable bonds is 5. The van der Waals surface area contributed by atoms with Gasteiger partial charge in [-0.3, -0.25) is 71.9 Å². The number of allylic oxidation sites excluding steroid dienone is 18. The zero-order valence-electron chi connectivity index (χ0n) is 47.1. The van der Waals surface area contributed by atoms with Crippen molar-refractivity contribution in [1.29, 1.82) is 0 Å². The predicted molar refractivity (Wildman–Crippen MR) is 291 cm³/mol. The SMILES string of the molecule is O=C(C1=CC2C(=O)CC(=O)C2C=C1)C1=CC2C(=O)OC(=O)C2C=C1.O=C1CC(=O)C2C=C(C(C3=CC4C(=O)OC(=O)C4C=C3)(C(F)(F)F)C(F)(F)F)C=CC12.O=C1CC(=O)C2C=C(C3=CC4C(=O)OC(=O)C4C=C3)C=CC12.O=C1CC(=O)c2cc3c(cc21)C(=O)OC3=O. The molecule has 0 amide bonds. The molecule has 0 spiro atoms. The number of cyclic esters (lactones) is 8. The molecule has 1 aromatic carbocycles. The third kappa shape index (κ3) is 10.4. The van der Waals surface area contributed by atoms with E-state index >= 15 is 0 Å². The standard InChI is InChI=1S/C20H12F6O5.C18H12O6.C17H12O5.C11H4O5/c21-19(22,23)18(20(24,25)26,8-1-3-10-12(5-8)15(28)7-14(10)27)9-2-4-11-13(6-9)17(30)31-16(11)29;19-14-7-15(20)12-5-8(1-3-10(12)14)16(21)9-2-4-11-13(6-9)18(23)24-17(11)22;18-14-7-15(19)12-5-8(1-3-10(12)14)9-2-4-11-13(6-9)17(21)22-16(11)20;12-8-3-9(13)5-2-7-6(1-4(5)8)10(14)16-11(7)15/h1-6,10-13H,7H2;1-6,10-13H,7H2;1-6,10-13H,7H2;1-2H,3H2. The Morgan fingerprint density at radius 1 is 0.323 bits per heavy atom. The van der Waals surface area contributed by atoms with Gasteiger partial charge in [-0.2, -0.15) is 26.3 Å². The Balaban J connectivity index is 0.000000122. The van der Waals surface area contributed by atoms with Gasteiger partial charge in [0, 0.05) is 45.9 Å². The maximum Gasteiger partial charge on any atom is 0.411 e. The van der Waals surface area contributed by atoms with Gasteiger partial charge < -0.3 is 18.9 Å². The van der Waals surface area contributed by atoms with Gasteiger partial charge in [-0.05, 0) is 34.4 Å². The van der Waals surface area contributed by atoms with E-state index in [1.54, 1.807) is 48.6 Å². The minimum Gasteiger partial charge on any atom is -0.392 e. The van der Waals surface area contributed by atoms with E-state index < -0.39 is 160 Å². The number of alkyl halides is 6. The molecule has 0 radical (unpaired) electrons. The van der Waals surface area contributed by atoms with Crippen LogP contribution in [0.4, 0.5) is 26.3 Å². The Bertz CT molecular complexity index is 3980. The van der Waals surface area contributed by atoms with E-state index in [1.807, 2.05) is 0 Å². The second-order valence-corrected chi connectivity index (χ2v) is 23.5. The molecule has 12 unspecified atom stereocenters. The van der Waals surface area contributed by atoms with Gasteiger partial charge in [0.05, 0.1) is 84.2 Å². The molecule has 14 aliphatic rings. The van der Waals surface area contributed by atoms with E-state index in [0.29, 0.717) is 29.9 Å². The first-order chi connectivity index (χ1) is 43.9. The van der Waals surface area contributed by atoms with E-state index in [0.717, 1.165) is 23.3 Å². The third-order valence-corrected chi connectivity index (χ3v) is 18.2. The van der Waals surface area contributed by atoms with Crippen LogP contribution in [0, 0.1) is 76.4 Å². The Morgan fingerprint density at radius 2 is 0.624 bits per heavy atom. The summed E-state index contributed by atoms with van der Waals surface area (Å²) in [6.45, 7) is 0. The highest BCUT2D eigenvalue weighted by atomic mass is 19.4. The van der Waals surface area contributed by atoms with Crippen molar-refractivity contribution in [3.63, 3.8) is 0 Å². The summed E-state index contributed by atoms with van der Waals surface area (Å²) in [7, 11) is 0. The minimum atomic E-state index is -5.94. The molecule has 0 N–H and O–H groups in total. The molecule has 3 saturated carbocycles. The number of Topliss-reactive ketones (excluding diaryl/α,β-unsaturated/α-hetero) is 9. The van der Waals surface area contributed by atoms with Crippen LogP contribution in [0.5, 0.6) is 0 Å². The summed E-state index contributed by atoms with van der Waals surface area (Å²) in [6.07, 6.45) is 10.5. The van der Waals surface area contributed by atoms with Gasteiger partial charge in [-0.15, -0.1) is 0 Å². The van der Waals surface area contributed by atoms with E-state index in [-0.39, 0.29) is 93.5 Å². The van der Waals surface area contributed by atoms with Crippen LogP contribution in [0.15, 0.2) is 155 Å². The molecule has 0 bridgehead atoms. The average Bonchev–Trinajstić information content (AvgIpc) is 0.778. The number of benzene rings is 1. The number of hydrogen-bond acceptors (Lipinski definition) is 21. The van der Waals surface area contributed by atoms with Crippen LogP contribution in [-0.2, 0) is 81.3 Å². The van der Waals surface area contributed by atoms with Gasteiger partial charge in [0.15, 0.2) is 17.3 Å². The first kappa shape index (κ1) is 62.5. The molecule has 10 aliphatic carbocycles. The average molecular weight is 1280 g/mol. The molecular weight excluding hydrogens is 1240 g/mol. The van der Waals surface area contributed by atoms with E-state index in [2.05, 4.69) is 18.9 Å². The highest BCUT2D eigenvalue weighted by Crippen LogP contribution is 2.62. The van der Waals surface area contributed by atoms with Crippen molar-refractivity contribution < 1.29 is 127 Å². The van der Waals surface area contributed by atoms with Crippen LogP contribution in [-0.4, -0.2) is 112 Å². The summed E-state index contributed by atoms with van der Waals surface area (Å²) in [5.74, 6) is -18.9. The molecule has 0 aromatic heterocycles.